The van der Waals surface area contributed by atoms with Gasteiger partial charge in [0.05, 0.1) is 0 Å². The fraction of sp³-hybridized carbons (Fsp3) is 1.00. The third-order valence-electron chi connectivity index (χ3n) is 2.34. The van der Waals surface area contributed by atoms with Crippen LogP contribution in [0.1, 0.15) is 25.7 Å². The van der Waals surface area contributed by atoms with Crippen LogP contribution in [0.15, 0.2) is 0 Å². The number of halogens is 1. The van der Waals surface area contributed by atoms with Gasteiger partial charge in [0, 0.05) is 0 Å². The molecule has 2 unspecified atom stereocenters. The van der Waals surface area contributed by atoms with E-state index in [2.05, 4.69) is 11.9 Å². The molecule has 0 radical (unpaired) electrons. The molecular formula is C7H13BrHgO. The van der Waals surface area contributed by atoms with Crippen LogP contribution >= 0.6 is 11.9 Å². The molecule has 0 aromatic rings. The van der Waals surface area contributed by atoms with Gasteiger partial charge in [-0.25, -0.2) is 0 Å². The predicted molar refractivity (Wildman–Crippen MR) is 41.9 cm³/mol. The zero-order valence-electron chi connectivity index (χ0n) is 6.48. The fourth-order valence-electron chi connectivity index (χ4n) is 1.66. The third kappa shape index (κ3) is 2.45. The summed E-state index contributed by atoms with van der Waals surface area (Å²) >= 11 is 3.07. The Kier molecular flexibility index (Phi) is 4.82. The van der Waals surface area contributed by atoms with Gasteiger partial charge >= 0.3 is 81.1 Å². The zero-order valence-corrected chi connectivity index (χ0v) is 13.6. The Morgan fingerprint density at radius 3 is 2.60 bits per heavy atom. The van der Waals surface area contributed by atoms with Gasteiger partial charge in [0.2, 0.25) is 0 Å². The summed E-state index contributed by atoms with van der Waals surface area (Å²) in [5, 5.41) is 0. The molecule has 0 spiro atoms. The van der Waals surface area contributed by atoms with Crippen LogP contribution < -0.4 is 0 Å². The van der Waals surface area contributed by atoms with E-state index >= 15 is 0 Å². The van der Waals surface area contributed by atoms with Gasteiger partial charge in [-0.15, -0.1) is 0 Å². The summed E-state index contributed by atoms with van der Waals surface area (Å²) in [6.45, 7) is 0. The Balaban J connectivity index is 2.34. The average Bonchev–Trinajstić information content (AvgIpc) is 2.04. The summed E-state index contributed by atoms with van der Waals surface area (Å²) in [6, 6.07) is 0. The zero-order chi connectivity index (χ0) is 7.40. The average molecular weight is 394 g/mol. The van der Waals surface area contributed by atoms with Crippen molar-refractivity contribution in [3.8, 4) is 0 Å². The molecule has 1 aliphatic rings. The Hall–Kier alpha value is 1.38. The van der Waals surface area contributed by atoms with Crippen molar-refractivity contribution in [2.75, 3.05) is 7.11 Å². The number of ether oxygens (including phenoxy) is 1. The van der Waals surface area contributed by atoms with E-state index in [-0.39, 0.29) is 0 Å². The molecule has 0 saturated heterocycles. The molecule has 0 aromatic carbocycles. The molecule has 0 amide bonds. The Labute approximate surface area is 80.6 Å². The molecule has 1 nitrogen and oxygen atoms in total. The van der Waals surface area contributed by atoms with Crippen molar-refractivity contribution >= 4 is 11.9 Å². The second-order valence-corrected chi connectivity index (χ2v) is 13.9. The van der Waals surface area contributed by atoms with Crippen molar-refractivity contribution in [3.63, 3.8) is 0 Å². The number of hydrogen-bond donors (Lipinski definition) is 0. The van der Waals surface area contributed by atoms with Crippen LogP contribution in [0, 0.1) is 0 Å². The first-order chi connectivity index (χ1) is 4.88. The van der Waals surface area contributed by atoms with Crippen LogP contribution in [0.5, 0.6) is 0 Å². The van der Waals surface area contributed by atoms with Gasteiger partial charge < -0.3 is 0 Å². The minimum atomic E-state index is -0.666. The number of rotatable bonds is 2. The summed E-state index contributed by atoms with van der Waals surface area (Å²) < 4.78 is 6.41. The van der Waals surface area contributed by atoms with Crippen LogP contribution in [0.2, 0.25) is 3.43 Å². The van der Waals surface area contributed by atoms with Gasteiger partial charge in [0.15, 0.2) is 0 Å². The summed E-state index contributed by atoms with van der Waals surface area (Å²) in [5.41, 5.74) is 0. The first kappa shape index (κ1) is 9.46. The predicted octanol–water partition coefficient (Wildman–Crippen LogP) is 2.76. The van der Waals surface area contributed by atoms with E-state index in [0.717, 1.165) is 3.43 Å². The Bertz CT molecular complexity index is 87.6. The summed E-state index contributed by atoms with van der Waals surface area (Å²) in [6.07, 6.45) is 6.19. The monoisotopic (exact) mass is 394 g/mol. The number of hydrogen-bond acceptors (Lipinski definition) is 1. The standard InChI is InChI=1S/C7H13O.BrH.Hg/c1-8-7-5-3-2-4-6-7;;/h5,7H,2-4,6H2,1H3;1H;/q;;+1/p-1. The van der Waals surface area contributed by atoms with Crippen molar-refractivity contribution < 1.29 is 26.9 Å². The van der Waals surface area contributed by atoms with E-state index in [0.29, 0.717) is 6.10 Å². The first-order valence-electron chi connectivity index (χ1n) is 3.97. The van der Waals surface area contributed by atoms with Crippen molar-refractivity contribution in [2.24, 2.45) is 0 Å². The van der Waals surface area contributed by atoms with Crippen molar-refractivity contribution in [1.29, 1.82) is 0 Å². The summed E-state index contributed by atoms with van der Waals surface area (Å²) in [4.78, 5) is 0. The fourth-order valence-corrected chi connectivity index (χ4v) is 12.3. The molecule has 0 heterocycles. The van der Waals surface area contributed by atoms with Crippen LogP contribution in [-0.2, 0) is 26.9 Å². The molecule has 10 heavy (non-hydrogen) atoms. The minimum absolute atomic E-state index is 0.620. The van der Waals surface area contributed by atoms with E-state index in [1.807, 2.05) is 7.11 Å². The topological polar surface area (TPSA) is 9.23 Å². The molecule has 2 atom stereocenters. The molecule has 0 aromatic heterocycles. The van der Waals surface area contributed by atoms with Crippen LogP contribution in [0.3, 0.4) is 0 Å². The molecule has 3 heteroatoms. The van der Waals surface area contributed by atoms with E-state index in [1.165, 1.54) is 25.7 Å². The molecular weight excluding hydrogens is 381 g/mol. The van der Waals surface area contributed by atoms with Gasteiger partial charge in [-0.1, -0.05) is 0 Å². The second kappa shape index (κ2) is 5.10. The molecule has 0 aliphatic heterocycles. The molecule has 1 rings (SSSR count). The van der Waals surface area contributed by atoms with Gasteiger partial charge in [-0.05, 0) is 0 Å². The normalized spacial score (nSPS) is 33.4. The second-order valence-electron chi connectivity index (χ2n) is 2.97. The molecule has 1 aliphatic carbocycles. The van der Waals surface area contributed by atoms with Crippen LogP contribution in [-0.4, -0.2) is 13.2 Å². The molecule has 1 saturated carbocycles. The third-order valence-corrected chi connectivity index (χ3v) is 14.8. The molecule has 56 valence electrons. The summed E-state index contributed by atoms with van der Waals surface area (Å²) in [7, 11) is 1.86. The maximum atomic E-state index is 5.42. The van der Waals surface area contributed by atoms with Gasteiger partial charge in [-0.2, -0.15) is 0 Å². The van der Waals surface area contributed by atoms with Crippen molar-refractivity contribution in [3.05, 3.63) is 0 Å². The Morgan fingerprint density at radius 1 is 1.40 bits per heavy atom. The van der Waals surface area contributed by atoms with Crippen molar-refractivity contribution in [1.82, 2.24) is 0 Å². The molecule has 1 fully saturated rings. The van der Waals surface area contributed by atoms with Gasteiger partial charge in [0.1, 0.15) is 0 Å². The first-order valence-corrected chi connectivity index (χ1v) is 19.1. The Morgan fingerprint density at radius 2 is 2.10 bits per heavy atom. The molecule has 0 N–H and O–H groups in total. The van der Waals surface area contributed by atoms with Gasteiger partial charge in [0.25, 0.3) is 0 Å². The SMILES string of the molecule is COC1CCCC[CH]1[Hg][Br]. The van der Waals surface area contributed by atoms with Crippen molar-refractivity contribution in [2.45, 2.75) is 35.2 Å². The van der Waals surface area contributed by atoms with E-state index in [1.54, 1.807) is 0 Å². The van der Waals surface area contributed by atoms with Crippen LogP contribution in [0.25, 0.3) is 0 Å². The van der Waals surface area contributed by atoms with E-state index in [9.17, 15) is 0 Å². The van der Waals surface area contributed by atoms with E-state index in [4.69, 9.17) is 4.74 Å². The quantitative estimate of drug-likeness (QED) is 0.656. The maximum absolute atomic E-state index is 5.42. The number of methoxy groups -OCH3 is 1. The van der Waals surface area contributed by atoms with Crippen LogP contribution in [0.4, 0.5) is 0 Å². The van der Waals surface area contributed by atoms with E-state index < -0.39 is 22.1 Å². The summed E-state index contributed by atoms with van der Waals surface area (Å²) in [5.74, 6) is 0. The van der Waals surface area contributed by atoms with Gasteiger partial charge in [-0.3, -0.25) is 0 Å². The molecule has 0 bridgehead atoms.